The third-order valence-corrected chi connectivity index (χ3v) is 6.86. The first kappa shape index (κ1) is 18.9. The van der Waals surface area contributed by atoms with Gasteiger partial charge in [0.1, 0.15) is 0 Å². The van der Waals surface area contributed by atoms with Crippen LogP contribution in [-0.4, -0.2) is 36.8 Å². The molecule has 140 valence electrons. The van der Waals surface area contributed by atoms with E-state index in [9.17, 15) is 26.4 Å². The SMILES string of the molecule is O=C(c1cccc(C(F)(F)F)c1)N(Cc1cccs1)[C@@H]1CCS(=O)(=O)C1. The molecule has 0 N–H and O–H groups in total. The summed E-state index contributed by atoms with van der Waals surface area (Å²) in [6, 6.07) is 7.30. The van der Waals surface area contributed by atoms with Gasteiger partial charge in [0.2, 0.25) is 0 Å². The van der Waals surface area contributed by atoms with Crippen molar-refractivity contribution in [1.29, 1.82) is 0 Å². The molecular formula is C17H16F3NO3S2. The molecule has 1 saturated heterocycles. The Bertz CT molecular complexity index is 892. The van der Waals surface area contributed by atoms with Crippen molar-refractivity contribution in [2.45, 2.75) is 25.2 Å². The molecule has 0 radical (unpaired) electrons. The minimum atomic E-state index is -4.55. The Balaban J connectivity index is 1.92. The molecule has 0 bridgehead atoms. The molecule has 1 aromatic carbocycles. The first-order valence-corrected chi connectivity index (χ1v) is 10.6. The molecule has 1 aromatic heterocycles. The molecule has 0 spiro atoms. The van der Waals surface area contributed by atoms with Crippen molar-refractivity contribution in [3.05, 3.63) is 57.8 Å². The molecule has 1 fully saturated rings. The van der Waals surface area contributed by atoms with Crippen LogP contribution in [0, 0.1) is 0 Å². The summed E-state index contributed by atoms with van der Waals surface area (Å²) in [5.74, 6) is -0.774. The molecule has 0 aliphatic carbocycles. The van der Waals surface area contributed by atoms with Gasteiger partial charge in [-0.1, -0.05) is 12.1 Å². The van der Waals surface area contributed by atoms with Gasteiger partial charge in [-0.3, -0.25) is 4.79 Å². The fourth-order valence-corrected chi connectivity index (χ4v) is 5.39. The van der Waals surface area contributed by atoms with E-state index in [1.165, 1.54) is 28.4 Å². The van der Waals surface area contributed by atoms with Crippen LogP contribution in [0.2, 0.25) is 0 Å². The van der Waals surface area contributed by atoms with Gasteiger partial charge >= 0.3 is 6.18 Å². The molecule has 0 unspecified atom stereocenters. The second-order valence-corrected chi connectivity index (χ2v) is 9.41. The van der Waals surface area contributed by atoms with Gasteiger partial charge in [0.05, 0.1) is 23.6 Å². The predicted octanol–water partition coefficient (Wildman–Crippen LogP) is 3.60. The average molecular weight is 403 g/mol. The lowest BCUT2D eigenvalue weighted by molar-refractivity contribution is -0.137. The van der Waals surface area contributed by atoms with Crippen molar-refractivity contribution in [1.82, 2.24) is 4.90 Å². The minimum absolute atomic E-state index is 0.0194. The normalized spacial score (nSPS) is 19.4. The van der Waals surface area contributed by atoms with E-state index in [2.05, 4.69) is 0 Å². The van der Waals surface area contributed by atoms with Crippen LogP contribution in [-0.2, 0) is 22.6 Å². The van der Waals surface area contributed by atoms with E-state index < -0.39 is 33.5 Å². The maximum absolute atomic E-state index is 12.9. The summed E-state index contributed by atoms with van der Waals surface area (Å²) in [5, 5.41) is 1.83. The van der Waals surface area contributed by atoms with Crippen LogP contribution < -0.4 is 0 Å². The van der Waals surface area contributed by atoms with Gasteiger partial charge in [0.15, 0.2) is 9.84 Å². The molecule has 0 saturated carbocycles. The number of benzene rings is 1. The fraction of sp³-hybridized carbons (Fsp3) is 0.353. The molecular weight excluding hydrogens is 387 g/mol. The average Bonchev–Trinajstić information content (AvgIpc) is 3.20. The summed E-state index contributed by atoms with van der Waals surface area (Å²) in [6.45, 7) is 0.174. The standard InChI is InChI=1S/C17H16F3NO3S2/c18-17(19,20)13-4-1-3-12(9-13)16(22)21(10-15-5-2-7-25-15)14-6-8-26(23,24)11-14/h1-5,7,9,14H,6,8,10-11H2/t14-/m1/s1. The zero-order valence-electron chi connectivity index (χ0n) is 13.6. The topological polar surface area (TPSA) is 54.5 Å². The number of amides is 1. The Morgan fingerprint density at radius 1 is 1.23 bits per heavy atom. The smallest absolute Gasteiger partial charge is 0.329 e. The number of carbonyl (C=O) groups excluding carboxylic acids is 1. The molecule has 26 heavy (non-hydrogen) atoms. The second kappa shape index (κ2) is 7.03. The van der Waals surface area contributed by atoms with Gasteiger partial charge in [0.25, 0.3) is 5.91 Å². The molecule has 1 aliphatic heterocycles. The monoisotopic (exact) mass is 403 g/mol. The molecule has 1 amide bonds. The molecule has 1 aliphatic rings. The van der Waals surface area contributed by atoms with Gasteiger partial charge < -0.3 is 4.90 Å². The largest absolute Gasteiger partial charge is 0.416 e. The second-order valence-electron chi connectivity index (χ2n) is 6.15. The summed E-state index contributed by atoms with van der Waals surface area (Å²) >= 11 is 1.41. The maximum atomic E-state index is 12.9. The van der Waals surface area contributed by atoms with Crippen LogP contribution in [0.5, 0.6) is 0 Å². The lowest BCUT2D eigenvalue weighted by Gasteiger charge is -2.28. The molecule has 3 rings (SSSR count). The molecule has 2 heterocycles. The van der Waals surface area contributed by atoms with E-state index in [0.717, 1.165) is 17.0 Å². The van der Waals surface area contributed by atoms with Crippen LogP contribution in [0.15, 0.2) is 41.8 Å². The van der Waals surface area contributed by atoms with Crippen molar-refractivity contribution >= 4 is 27.1 Å². The Hall–Kier alpha value is -1.87. The summed E-state index contributed by atoms with van der Waals surface area (Å²) in [5.41, 5.74) is -1.00. The lowest BCUT2D eigenvalue weighted by Crippen LogP contribution is -2.40. The van der Waals surface area contributed by atoms with E-state index in [1.54, 1.807) is 12.1 Å². The number of sulfone groups is 1. The Labute approximate surface area is 153 Å². The molecule has 9 heteroatoms. The number of hydrogen-bond acceptors (Lipinski definition) is 4. The first-order chi connectivity index (χ1) is 12.2. The minimum Gasteiger partial charge on any atom is -0.329 e. The summed E-state index contributed by atoms with van der Waals surface area (Å²) in [4.78, 5) is 15.1. The van der Waals surface area contributed by atoms with E-state index in [0.29, 0.717) is 6.42 Å². The number of carbonyl (C=O) groups is 1. The number of nitrogens with zero attached hydrogens (tertiary/aromatic N) is 1. The van der Waals surface area contributed by atoms with Gasteiger partial charge in [-0.2, -0.15) is 13.2 Å². The highest BCUT2D eigenvalue weighted by atomic mass is 32.2. The van der Waals surface area contributed by atoms with Crippen LogP contribution in [0.25, 0.3) is 0 Å². The zero-order chi connectivity index (χ0) is 18.9. The molecule has 4 nitrogen and oxygen atoms in total. The van der Waals surface area contributed by atoms with E-state index in [1.807, 2.05) is 5.38 Å². The highest BCUT2D eigenvalue weighted by Gasteiger charge is 2.36. The summed E-state index contributed by atoms with van der Waals surface area (Å²) < 4.78 is 62.4. The highest BCUT2D eigenvalue weighted by molar-refractivity contribution is 7.91. The highest BCUT2D eigenvalue weighted by Crippen LogP contribution is 2.30. The third kappa shape index (κ3) is 4.27. The van der Waals surface area contributed by atoms with E-state index in [4.69, 9.17) is 0 Å². The number of hydrogen-bond donors (Lipinski definition) is 0. The molecule has 2 aromatic rings. The van der Waals surface area contributed by atoms with Crippen LogP contribution in [0.3, 0.4) is 0 Å². The number of halogens is 3. The third-order valence-electron chi connectivity index (χ3n) is 4.25. The Kier molecular flexibility index (Phi) is 5.12. The van der Waals surface area contributed by atoms with Gasteiger partial charge in [-0.25, -0.2) is 8.42 Å². The van der Waals surface area contributed by atoms with Crippen molar-refractivity contribution in [2.75, 3.05) is 11.5 Å². The van der Waals surface area contributed by atoms with Crippen molar-refractivity contribution in [3.8, 4) is 0 Å². The van der Waals surface area contributed by atoms with E-state index in [-0.39, 0.29) is 23.6 Å². The number of rotatable bonds is 4. The fourth-order valence-electron chi connectivity index (χ4n) is 2.95. The van der Waals surface area contributed by atoms with Gasteiger partial charge in [-0.15, -0.1) is 11.3 Å². The quantitative estimate of drug-likeness (QED) is 0.784. The van der Waals surface area contributed by atoms with Gasteiger partial charge in [0, 0.05) is 16.5 Å². The van der Waals surface area contributed by atoms with Crippen molar-refractivity contribution in [2.24, 2.45) is 0 Å². The molecule has 1 atom stereocenters. The number of alkyl halides is 3. The number of thiophene rings is 1. The Morgan fingerprint density at radius 3 is 2.58 bits per heavy atom. The first-order valence-electron chi connectivity index (χ1n) is 7.87. The van der Waals surface area contributed by atoms with E-state index >= 15 is 0 Å². The summed E-state index contributed by atoms with van der Waals surface area (Å²) in [7, 11) is -3.24. The lowest BCUT2D eigenvalue weighted by atomic mass is 10.1. The van der Waals surface area contributed by atoms with Crippen LogP contribution in [0.1, 0.15) is 27.2 Å². The zero-order valence-corrected chi connectivity index (χ0v) is 15.2. The van der Waals surface area contributed by atoms with Crippen LogP contribution in [0.4, 0.5) is 13.2 Å². The maximum Gasteiger partial charge on any atom is 0.416 e. The Morgan fingerprint density at radius 2 is 2.00 bits per heavy atom. The van der Waals surface area contributed by atoms with Gasteiger partial charge in [-0.05, 0) is 36.1 Å². The van der Waals surface area contributed by atoms with Crippen molar-refractivity contribution in [3.63, 3.8) is 0 Å². The van der Waals surface area contributed by atoms with Crippen molar-refractivity contribution < 1.29 is 26.4 Å². The predicted molar refractivity (Wildman–Crippen MR) is 92.7 cm³/mol. The summed E-state index contributed by atoms with van der Waals surface area (Å²) in [6.07, 6.45) is -4.26. The van der Waals surface area contributed by atoms with Crippen LogP contribution >= 0.6 is 11.3 Å².